The molecule has 0 aromatic heterocycles. The van der Waals surface area contributed by atoms with E-state index in [4.69, 9.17) is 0 Å². The molecule has 5 nitrogen and oxygen atoms in total. The third kappa shape index (κ3) is 2.24. The van der Waals surface area contributed by atoms with E-state index in [0.29, 0.717) is 18.4 Å². The normalized spacial score (nSPS) is 24.1. The number of hydrogen-bond donors (Lipinski definition) is 1. The number of hydrazine groups is 1. The topological polar surface area (TPSA) is 66.5 Å². The smallest absolute Gasteiger partial charge is 0.270 e. The summed E-state index contributed by atoms with van der Waals surface area (Å²) in [7, 11) is 0. The number of fused-ring (bicyclic) bond motifs is 1. The van der Waals surface area contributed by atoms with E-state index < -0.39 is 5.91 Å². The molecule has 0 spiro atoms. The molecule has 1 aliphatic carbocycles. The molecule has 21 heavy (non-hydrogen) atoms. The summed E-state index contributed by atoms with van der Waals surface area (Å²) in [5.74, 6) is -1.71. The van der Waals surface area contributed by atoms with Crippen molar-refractivity contribution in [3.05, 3.63) is 47.5 Å². The maximum atomic E-state index is 12.3. The van der Waals surface area contributed by atoms with E-state index in [1.165, 1.54) is 0 Å². The van der Waals surface area contributed by atoms with Crippen LogP contribution in [0.2, 0.25) is 0 Å². The Morgan fingerprint density at radius 3 is 2.24 bits per heavy atom. The highest BCUT2D eigenvalue weighted by Crippen LogP contribution is 2.34. The first-order valence-corrected chi connectivity index (χ1v) is 6.99. The number of carbonyl (C=O) groups excluding carboxylic acids is 3. The zero-order chi connectivity index (χ0) is 15.0. The van der Waals surface area contributed by atoms with Gasteiger partial charge in [0.05, 0.1) is 11.8 Å². The second-order valence-corrected chi connectivity index (χ2v) is 5.42. The summed E-state index contributed by atoms with van der Waals surface area (Å²) in [6.07, 6.45) is 4.95. The van der Waals surface area contributed by atoms with Gasteiger partial charge in [0, 0.05) is 5.56 Å². The maximum absolute atomic E-state index is 12.3. The van der Waals surface area contributed by atoms with Crippen LogP contribution in [0, 0.1) is 18.8 Å². The fourth-order valence-corrected chi connectivity index (χ4v) is 2.90. The Hall–Kier alpha value is -2.43. The Morgan fingerprint density at radius 1 is 1.10 bits per heavy atom. The van der Waals surface area contributed by atoms with Gasteiger partial charge in [-0.2, -0.15) is 5.01 Å². The van der Waals surface area contributed by atoms with Gasteiger partial charge >= 0.3 is 0 Å². The predicted molar refractivity (Wildman–Crippen MR) is 75.9 cm³/mol. The van der Waals surface area contributed by atoms with Crippen molar-refractivity contribution in [3.63, 3.8) is 0 Å². The molecule has 0 bridgehead atoms. The van der Waals surface area contributed by atoms with Gasteiger partial charge in [-0.3, -0.25) is 19.8 Å². The highest BCUT2D eigenvalue weighted by Gasteiger charge is 2.48. The number of nitrogens with zero attached hydrogens (tertiary/aromatic N) is 1. The molecule has 1 heterocycles. The van der Waals surface area contributed by atoms with Crippen LogP contribution in [0.1, 0.15) is 28.8 Å². The molecule has 3 rings (SSSR count). The lowest BCUT2D eigenvalue weighted by atomic mass is 9.85. The molecule has 5 heteroatoms. The van der Waals surface area contributed by atoms with Crippen LogP contribution in [0.25, 0.3) is 0 Å². The maximum Gasteiger partial charge on any atom is 0.270 e. The average molecular weight is 284 g/mol. The van der Waals surface area contributed by atoms with Crippen molar-refractivity contribution in [1.82, 2.24) is 10.4 Å². The van der Waals surface area contributed by atoms with Gasteiger partial charge in [-0.25, -0.2) is 0 Å². The summed E-state index contributed by atoms with van der Waals surface area (Å²) in [5, 5.41) is 0.900. The predicted octanol–water partition coefficient (Wildman–Crippen LogP) is 1.59. The Bertz CT molecular complexity index is 625. The van der Waals surface area contributed by atoms with E-state index in [2.05, 4.69) is 5.43 Å². The first kappa shape index (κ1) is 13.5. The zero-order valence-electron chi connectivity index (χ0n) is 11.7. The van der Waals surface area contributed by atoms with E-state index in [1.54, 1.807) is 12.1 Å². The van der Waals surface area contributed by atoms with Gasteiger partial charge < -0.3 is 0 Å². The molecule has 1 aromatic carbocycles. The number of nitrogens with one attached hydrogen (secondary N) is 1. The summed E-state index contributed by atoms with van der Waals surface area (Å²) < 4.78 is 0. The molecule has 2 atom stereocenters. The van der Waals surface area contributed by atoms with Gasteiger partial charge in [-0.1, -0.05) is 30.4 Å². The molecule has 1 fully saturated rings. The Balaban J connectivity index is 1.79. The summed E-state index contributed by atoms with van der Waals surface area (Å²) in [5.41, 5.74) is 3.72. The van der Waals surface area contributed by atoms with Gasteiger partial charge in [-0.15, -0.1) is 0 Å². The summed E-state index contributed by atoms with van der Waals surface area (Å²) in [6, 6.07) is 7.06. The largest absolute Gasteiger partial charge is 0.272 e. The van der Waals surface area contributed by atoms with Crippen LogP contribution >= 0.6 is 0 Å². The monoisotopic (exact) mass is 284 g/mol. The summed E-state index contributed by atoms with van der Waals surface area (Å²) >= 11 is 0. The molecule has 1 aromatic rings. The van der Waals surface area contributed by atoms with Crippen LogP contribution in [0.5, 0.6) is 0 Å². The lowest BCUT2D eigenvalue weighted by Crippen LogP contribution is -2.46. The first-order chi connectivity index (χ1) is 10.1. The summed E-state index contributed by atoms with van der Waals surface area (Å²) in [4.78, 5) is 36.8. The fraction of sp³-hybridized carbons (Fsp3) is 0.312. The molecule has 1 aliphatic heterocycles. The molecule has 0 radical (unpaired) electrons. The SMILES string of the molecule is Cc1ccccc1C(=O)NN1C(=O)[C@@H]2CC=CC[C@H]2C1=O. The van der Waals surface area contributed by atoms with Crippen molar-refractivity contribution >= 4 is 17.7 Å². The van der Waals surface area contributed by atoms with Crippen molar-refractivity contribution in [2.75, 3.05) is 0 Å². The molecular formula is C16H16N2O3. The molecule has 3 amide bonds. The highest BCUT2D eigenvalue weighted by atomic mass is 16.2. The number of allylic oxidation sites excluding steroid dienone is 2. The highest BCUT2D eigenvalue weighted by molar-refractivity contribution is 6.08. The third-order valence-electron chi connectivity index (χ3n) is 4.11. The van der Waals surface area contributed by atoms with Crippen molar-refractivity contribution in [3.8, 4) is 0 Å². The molecule has 108 valence electrons. The number of benzene rings is 1. The number of aryl methyl sites for hydroxylation is 1. The number of carbonyl (C=O) groups is 3. The van der Waals surface area contributed by atoms with Crippen molar-refractivity contribution in [2.24, 2.45) is 11.8 Å². The van der Waals surface area contributed by atoms with Crippen molar-refractivity contribution in [1.29, 1.82) is 0 Å². The minimum absolute atomic E-state index is 0.309. The minimum atomic E-state index is -0.429. The second kappa shape index (κ2) is 5.16. The van der Waals surface area contributed by atoms with Crippen LogP contribution in [-0.4, -0.2) is 22.7 Å². The van der Waals surface area contributed by atoms with Gasteiger partial charge in [-0.05, 0) is 31.4 Å². The number of rotatable bonds is 2. The minimum Gasteiger partial charge on any atom is -0.272 e. The third-order valence-corrected chi connectivity index (χ3v) is 4.11. The Morgan fingerprint density at radius 2 is 1.67 bits per heavy atom. The summed E-state index contributed by atoms with van der Waals surface area (Å²) in [6.45, 7) is 1.81. The Kier molecular flexibility index (Phi) is 3.33. The molecule has 1 saturated heterocycles. The quantitative estimate of drug-likeness (QED) is 0.662. The lowest BCUT2D eigenvalue weighted by molar-refractivity contribution is -0.142. The van der Waals surface area contributed by atoms with E-state index in [-0.39, 0.29) is 23.7 Å². The van der Waals surface area contributed by atoms with E-state index in [9.17, 15) is 14.4 Å². The van der Waals surface area contributed by atoms with Gasteiger partial charge in [0.2, 0.25) is 0 Å². The van der Waals surface area contributed by atoms with Crippen LogP contribution in [-0.2, 0) is 9.59 Å². The van der Waals surface area contributed by atoms with Crippen molar-refractivity contribution in [2.45, 2.75) is 19.8 Å². The van der Waals surface area contributed by atoms with Gasteiger partial charge in [0.25, 0.3) is 17.7 Å². The average Bonchev–Trinajstić information content (AvgIpc) is 2.73. The standard InChI is InChI=1S/C16H16N2O3/c1-10-6-2-3-7-11(10)14(19)17-18-15(20)12-8-4-5-9-13(12)16(18)21/h2-7,12-13H,8-9H2,1H3,(H,17,19)/t12-,13-/m1/s1. The first-order valence-electron chi connectivity index (χ1n) is 6.99. The molecular weight excluding hydrogens is 268 g/mol. The molecule has 0 saturated carbocycles. The number of amides is 3. The van der Waals surface area contributed by atoms with Gasteiger partial charge in [0.1, 0.15) is 0 Å². The lowest BCUT2D eigenvalue weighted by Gasteiger charge is -2.16. The van der Waals surface area contributed by atoms with E-state index >= 15 is 0 Å². The second-order valence-electron chi connectivity index (χ2n) is 5.42. The Labute approximate surface area is 122 Å². The molecule has 1 N–H and O–H groups in total. The van der Waals surface area contributed by atoms with Crippen molar-refractivity contribution < 1.29 is 14.4 Å². The van der Waals surface area contributed by atoms with Crippen LogP contribution in [0.4, 0.5) is 0 Å². The zero-order valence-corrected chi connectivity index (χ0v) is 11.7. The van der Waals surface area contributed by atoms with Crippen LogP contribution in [0.3, 0.4) is 0 Å². The van der Waals surface area contributed by atoms with E-state index in [0.717, 1.165) is 10.6 Å². The number of imide groups is 1. The van der Waals surface area contributed by atoms with Crippen LogP contribution in [0.15, 0.2) is 36.4 Å². The number of hydrogen-bond acceptors (Lipinski definition) is 3. The van der Waals surface area contributed by atoms with Crippen LogP contribution < -0.4 is 5.43 Å². The van der Waals surface area contributed by atoms with Gasteiger partial charge in [0.15, 0.2) is 0 Å². The van der Waals surface area contributed by atoms with E-state index in [1.807, 2.05) is 31.2 Å². The molecule has 2 aliphatic rings. The fourth-order valence-electron chi connectivity index (χ4n) is 2.90. The molecule has 0 unspecified atom stereocenters.